The van der Waals surface area contributed by atoms with Gasteiger partial charge in [0.1, 0.15) is 0 Å². The van der Waals surface area contributed by atoms with Crippen LogP contribution in [0.4, 0.5) is 0 Å². The van der Waals surface area contributed by atoms with Gasteiger partial charge in [-0.25, -0.2) is 0 Å². The summed E-state index contributed by atoms with van der Waals surface area (Å²) in [5, 5.41) is 0. The number of halogens is 2. The van der Waals surface area contributed by atoms with Crippen LogP contribution >= 0.6 is 17.0 Å². The second kappa shape index (κ2) is 7.36. The van der Waals surface area contributed by atoms with Crippen LogP contribution in [-0.4, -0.2) is 0 Å². The zero-order valence-electron chi connectivity index (χ0n) is 7.57. The van der Waals surface area contributed by atoms with E-state index in [1.54, 1.807) is 0 Å². The monoisotopic (exact) mass is 281 g/mol. The van der Waals surface area contributed by atoms with E-state index in [0.717, 1.165) is 0 Å². The summed E-state index contributed by atoms with van der Waals surface area (Å²) >= 11 is -0.826. The fourth-order valence-corrected chi connectivity index (χ4v) is 0.946. The number of hydrogen-bond acceptors (Lipinski definition) is 0. The summed E-state index contributed by atoms with van der Waals surface area (Å²) in [7, 11) is 9.87. The normalized spacial score (nSPS) is 14.8. The maximum atomic E-state index is 4.93. The summed E-state index contributed by atoms with van der Waals surface area (Å²) in [5.74, 6) is 0.679. The Bertz CT molecular complexity index is 183. The van der Waals surface area contributed by atoms with Crippen molar-refractivity contribution in [3.8, 4) is 0 Å². The van der Waals surface area contributed by atoms with E-state index in [4.69, 9.17) is 17.0 Å². The molecule has 1 aliphatic carbocycles. The Morgan fingerprint density at radius 1 is 1.33 bits per heavy atom. The van der Waals surface area contributed by atoms with Crippen LogP contribution in [0.15, 0.2) is 23.3 Å². The Kier molecular flexibility index (Phi) is 7.93. The molecule has 0 aromatic carbocycles. The van der Waals surface area contributed by atoms with Crippen molar-refractivity contribution < 1.29 is 20.8 Å². The molecule has 0 saturated heterocycles. The minimum absolute atomic E-state index is 0.679. The first-order valence-corrected chi connectivity index (χ1v) is 10.1. The molecule has 0 heterocycles. The van der Waals surface area contributed by atoms with E-state index in [-0.39, 0.29) is 0 Å². The van der Waals surface area contributed by atoms with E-state index in [2.05, 4.69) is 39.3 Å². The molecule has 0 aromatic heterocycles. The summed E-state index contributed by atoms with van der Waals surface area (Å²) in [6.45, 7) is 6.56. The Hall–Kier alpha value is 0.943. The molecule has 0 unspecified atom stereocenters. The molecule has 67 valence electrons. The fraction of sp³-hybridized carbons (Fsp3) is 0.444. The number of hydrogen-bond donors (Lipinski definition) is 0. The van der Waals surface area contributed by atoms with Crippen molar-refractivity contribution in [3.63, 3.8) is 0 Å². The maximum absolute atomic E-state index is 4.93. The molecule has 0 fully saturated rings. The van der Waals surface area contributed by atoms with Crippen LogP contribution in [0.3, 0.4) is 0 Å². The zero-order valence-corrected chi connectivity index (χ0v) is 11.5. The van der Waals surface area contributed by atoms with E-state index in [9.17, 15) is 0 Å². The Labute approximate surface area is 93.7 Å². The Morgan fingerprint density at radius 3 is 2.00 bits per heavy atom. The molecule has 1 aliphatic rings. The van der Waals surface area contributed by atoms with Gasteiger partial charge in [0, 0.05) is 6.42 Å². The van der Waals surface area contributed by atoms with Crippen molar-refractivity contribution in [2.75, 3.05) is 0 Å². The van der Waals surface area contributed by atoms with Gasteiger partial charge in [0.2, 0.25) is 0 Å². The van der Waals surface area contributed by atoms with Gasteiger partial charge in [0.15, 0.2) is 0 Å². The molecule has 0 nitrogen and oxygen atoms in total. The molecular weight excluding hydrogens is 270 g/mol. The second-order valence-electron chi connectivity index (χ2n) is 2.95. The molecular formula is C9H13Cl2Zr. The quantitative estimate of drug-likeness (QED) is 0.679. The number of rotatable bonds is 1. The Morgan fingerprint density at radius 2 is 1.83 bits per heavy atom. The van der Waals surface area contributed by atoms with Gasteiger partial charge in [-0.15, -0.1) is 0 Å². The molecule has 0 saturated carbocycles. The summed E-state index contributed by atoms with van der Waals surface area (Å²) in [4.78, 5) is 0. The van der Waals surface area contributed by atoms with Crippen molar-refractivity contribution in [1.29, 1.82) is 0 Å². The molecule has 1 radical (unpaired) electrons. The van der Waals surface area contributed by atoms with Gasteiger partial charge in [-0.1, -0.05) is 37.1 Å². The number of allylic oxidation sites excluding steroid dienone is 4. The standard InChI is InChI=1S/C9H13.2ClH.Zr/c1-7(2)9-5-4-8(3)6-9;;;/h4-7H,1-3H3;2*1H;/q;;;+2/p-2. The van der Waals surface area contributed by atoms with Crippen molar-refractivity contribution in [2.24, 2.45) is 5.92 Å². The van der Waals surface area contributed by atoms with Crippen LogP contribution in [0.25, 0.3) is 0 Å². The molecule has 0 bridgehead atoms. The summed E-state index contributed by atoms with van der Waals surface area (Å²) in [6, 6.07) is 0. The molecule has 12 heavy (non-hydrogen) atoms. The Balaban J connectivity index is 0.000000354. The molecule has 0 aromatic rings. The summed E-state index contributed by atoms with van der Waals surface area (Å²) in [5.41, 5.74) is 2.83. The molecule has 0 aliphatic heterocycles. The predicted octanol–water partition coefficient (Wildman–Crippen LogP) is 4.11. The summed E-state index contributed by atoms with van der Waals surface area (Å²) < 4.78 is 0. The molecule has 0 N–H and O–H groups in total. The van der Waals surface area contributed by atoms with Crippen molar-refractivity contribution in [3.05, 3.63) is 29.7 Å². The van der Waals surface area contributed by atoms with Gasteiger partial charge in [-0.05, 0) is 12.8 Å². The SMILES string of the molecule is CC1=C[CH]C(C(C)C)=C1.[Cl][Zr][Cl]. The van der Waals surface area contributed by atoms with Gasteiger partial charge < -0.3 is 0 Å². The third-order valence-corrected chi connectivity index (χ3v) is 1.60. The molecule has 0 atom stereocenters. The van der Waals surface area contributed by atoms with Crippen molar-refractivity contribution in [1.82, 2.24) is 0 Å². The van der Waals surface area contributed by atoms with Gasteiger partial charge >= 0.3 is 37.9 Å². The first-order chi connectivity index (χ1) is 5.61. The van der Waals surface area contributed by atoms with Gasteiger partial charge in [0.05, 0.1) is 0 Å². The average Bonchev–Trinajstić information content (AvgIpc) is 2.37. The zero-order chi connectivity index (χ0) is 9.56. The van der Waals surface area contributed by atoms with E-state index in [1.807, 2.05) is 0 Å². The van der Waals surface area contributed by atoms with E-state index >= 15 is 0 Å². The van der Waals surface area contributed by atoms with Crippen LogP contribution in [0.2, 0.25) is 0 Å². The molecule has 3 heteroatoms. The third kappa shape index (κ3) is 5.57. The van der Waals surface area contributed by atoms with Gasteiger partial charge in [-0.3, -0.25) is 0 Å². The van der Waals surface area contributed by atoms with Crippen LogP contribution in [0.1, 0.15) is 20.8 Å². The predicted molar refractivity (Wildman–Crippen MR) is 52.7 cm³/mol. The van der Waals surface area contributed by atoms with Crippen LogP contribution in [-0.2, 0) is 20.8 Å². The molecule has 0 spiro atoms. The third-order valence-electron chi connectivity index (χ3n) is 1.60. The topological polar surface area (TPSA) is 0 Å². The van der Waals surface area contributed by atoms with E-state index < -0.39 is 20.8 Å². The van der Waals surface area contributed by atoms with E-state index in [0.29, 0.717) is 5.92 Å². The second-order valence-corrected chi connectivity index (χ2v) is 6.68. The first kappa shape index (κ1) is 12.9. The van der Waals surface area contributed by atoms with Crippen LogP contribution < -0.4 is 0 Å². The summed E-state index contributed by atoms with van der Waals surface area (Å²) in [6.07, 6.45) is 6.60. The van der Waals surface area contributed by atoms with Gasteiger partial charge in [0.25, 0.3) is 0 Å². The van der Waals surface area contributed by atoms with Crippen LogP contribution in [0.5, 0.6) is 0 Å². The van der Waals surface area contributed by atoms with Gasteiger partial charge in [-0.2, -0.15) is 0 Å². The first-order valence-electron chi connectivity index (χ1n) is 3.81. The fourth-order valence-electron chi connectivity index (χ4n) is 0.946. The minimum atomic E-state index is -0.826. The average molecular weight is 283 g/mol. The van der Waals surface area contributed by atoms with Crippen LogP contribution in [0, 0.1) is 12.3 Å². The van der Waals surface area contributed by atoms with E-state index in [1.165, 1.54) is 11.1 Å². The van der Waals surface area contributed by atoms with Crippen molar-refractivity contribution in [2.45, 2.75) is 20.8 Å². The molecule has 0 amide bonds. The molecule has 1 rings (SSSR count). The van der Waals surface area contributed by atoms with Crippen molar-refractivity contribution >= 4 is 17.0 Å².